The molecule has 1 heterocycles. The minimum absolute atomic E-state index is 0.163. The molecule has 0 bridgehead atoms. The van der Waals surface area contributed by atoms with Crippen molar-refractivity contribution in [1.82, 2.24) is 5.32 Å². The van der Waals surface area contributed by atoms with Gasteiger partial charge in [0.1, 0.15) is 6.61 Å². The molecule has 0 fully saturated rings. The van der Waals surface area contributed by atoms with Crippen LogP contribution in [0.25, 0.3) is 0 Å². The number of nitrogens with one attached hydrogen (secondary N) is 1. The molecule has 68 valence electrons. The summed E-state index contributed by atoms with van der Waals surface area (Å²) in [7, 11) is 0. The molecule has 0 spiro atoms. The molecule has 0 aromatic carbocycles. The zero-order valence-corrected chi connectivity index (χ0v) is 7.12. The average Bonchev–Trinajstić information content (AvgIpc) is 2.19. The summed E-state index contributed by atoms with van der Waals surface area (Å²) in [4.78, 5) is 11.2. The summed E-state index contributed by atoms with van der Waals surface area (Å²) in [5, 5.41) is 11.1. The SMILES string of the molecule is N#CCCOC(=O)C1=CC=CNC1. The number of nitrogens with zero attached hydrogens (tertiary/aromatic N) is 1. The number of rotatable bonds is 3. The lowest BCUT2D eigenvalue weighted by Crippen LogP contribution is -2.20. The van der Waals surface area contributed by atoms with Crippen molar-refractivity contribution in [2.45, 2.75) is 6.42 Å². The Morgan fingerprint density at radius 2 is 2.62 bits per heavy atom. The smallest absolute Gasteiger partial charge is 0.335 e. The van der Waals surface area contributed by atoms with Gasteiger partial charge in [0.25, 0.3) is 0 Å². The van der Waals surface area contributed by atoms with Gasteiger partial charge in [0.15, 0.2) is 0 Å². The summed E-state index contributed by atoms with van der Waals surface area (Å²) in [6.45, 7) is 0.651. The number of hydrogen-bond acceptors (Lipinski definition) is 4. The largest absolute Gasteiger partial charge is 0.461 e. The van der Waals surface area contributed by atoms with Crippen molar-refractivity contribution in [3.63, 3.8) is 0 Å². The normalized spacial score (nSPS) is 13.9. The molecule has 0 aromatic rings. The van der Waals surface area contributed by atoms with E-state index in [0.29, 0.717) is 12.1 Å². The topological polar surface area (TPSA) is 62.1 Å². The van der Waals surface area contributed by atoms with Crippen LogP contribution in [0.3, 0.4) is 0 Å². The van der Waals surface area contributed by atoms with Crippen LogP contribution < -0.4 is 5.32 Å². The van der Waals surface area contributed by atoms with Crippen molar-refractivity contribution >= 4 is 5.97 Å². The number of nitriles is 1. The quantitative estimate of drug-likeness (QED) is 0.504. The van der Waals surface area contributed by atoms with Gasteiger partial charge in [-0.1, -0.05) is 0 Å². The maximum absolute atomic E-state index is 11.2. The van der Waals surface area contributed by atoms with Crippen LogP contribution in [0.4, 0.5) is 0 Å². The van der Waals surface area contributed by atoms with Crippen LogP contribution in [0.5, 0.6) is 0 Å². The molecule has 1 N–H and O–H groups in total. The van der Waals surface area contributed by atoms with Crippen LogP contribution in [0, 0.1) is 11.3 Å². The Balaban J connectivity index is 2.35. The summed E-state index contributed by atoms with van der Waals surface area (Å²) in [6, 6.07) is 1.90. The van der Waals surface area contributed by atoms with Gasteiger partial charge >= 0.3 is 5.97 Å². The number of hydrogen-bond donors (Lipinski definition) is 1. The van der Waals surface area contributed by atoms with Crippen molar-refractivity contribution < 1.29 is 9.53 Å². The maximum Gasteiger partial charge on any atom is 0.335 e. The predicted molar refractivity (Wildman–Crippen MR) is 46.4 cm³/mol. The van der Waals surface area contributed by atoms with E-state index < -0.39 is 0 Å². The van der Waals surface area contributed by atoms with Gasteiger partial charge in [-0.25, -0.2) is 4.79 Å². The number of carbonyl (C=O) groups is 1. The van der Waals surface area contributed by atoms with Gasteiger partial charge in [0.05, 0.1) is 18.1 Å². The Kier molecular flexibility index (Phi) is 3.58. The molecule has 0 radical (unpaired) electrons. The number of carbonyl (C=O) groups excluding carboxylic acids is 1. The van der Waals surface area contributed by atoms with E-state index in [4.69, 9.17) is 10.00 Å². The van der Waals surface area contributed by atoms with Crippen LogP contribution in [-0.2, 0) is 9.53 Å². The summed E-state index contributed by atoms with van der Waals surface area (Å²) >= 11 is 0. The Morgan fingerprint density at radius 3 is 3.23 bits per heavy atom. The maximum atomic E-state index is 11.2. The van der Waals surface area contributed by atoms with E-state index in [1.54, 1.807) is 18.4 Å². The van der Waals surface area contributed by atoms with Crippen molar-refractivity contribution in [1.29, 1.82) is 5.26 Å². The van der Waals surface area contributed by atoms with Crippen LogP contribution in [-0.4, -0.2) is 19.1 Å². The predicted octanol–water partition coefficient (Wildman–Crippen LogP) is 0.487. The molecule has 4 heteroatoms. The Bertz CT molecular complexity index is 286. The molecule has 13 heavy (non-hydrogen) atoms. The van der Waals surface area contributed by atoms with E-state index in [1.165, 1.54) is 0 Å². The number of allylic oxidation sites excluding steroid dienone is 2. The molecule has 0 aliphatic carbocycles. The second-order valence-corrected chi connectivity index (χ2v) is 2.48. The molecule has 0 unspecified atom stereocenters. The van der Waals surface area contributed by atoms with E-state index in [2.05, 4.69) is 5.32 Å². The van der Waals surface area contributed by atoms with Crippen LogP contribution >= 0.6 is 0 Å². The minimum Gasteiger partial charge on any atom is -0.461 e. The fraction of sp³-hybridized carbons (Fsp3) is 0.333. The van der Waals surface area contributed by atoms with Crippen molar-refractivity contribution in [2.24, 2.45) is 0 Å². The Morgan fingerprint density at radius 1 is 1.77 bits per heavy atom. The van der Waals surface area contributed by atoms with Gasteiger partial charge in [-0.05, 0) is 18.4 Å². The standard InChI is InChI=1S/C9H10N2O2/c10-4-2-6-13-9(12)8-3-1-5-11-7-8/h1,3,5,11H,2,6-7H2. The lowest BCUT2D eigenvalue weighted by atomic mass is 10.2. The average molecular weight is 178 g/mol. The summed E-state index contributed by atoms with van der Waals surface area (Å²) < 4.78 is 4.82. The summed E-state index contributed by atoms with van der Waals surface area (Å²) in [5.74, 6) is -0.355. The van der Waals surface area contributed by atoms with Gasteiger partial charge in [0, 0.05) is 6.54 Å². The Hall–Kier alpha value is -1.76. The minimum atomic E-state index is -0.355. The summed E-state index contributed by atoms with van der Waals surface area (Å²) in [5.41, 5.74) is 0.584. The zero-order chi connectivity index (χ0) is 9.52. The molecule has 0 saturated carbocycles. The number of ether oxygens (including phenoxy) is 1. The first-order chi connectivity index (χ1) is 6.34. The van der Waals surface area contributed by atoms with Crippen molar-refractivity contribution in [3.05, 3.63) is 23.9 Å². The summed E-state index contributed by atoms with van der Waals surface area (Å²) in [6.07, 6.45) is 5.43. The lowest BCUT2D eigenvalue weighted by molar-refractivity contribution is -0.138. The molecule has 4 nitrogen and oxygen atoms in total. The lowest BCUT2D eigenvalue weighted by Gasteiger charge is -2.09. The first-order valence-corrected chi connectivity index (χ1v) is 3.98. The van der Waals surface area contributed by atoms with Crippen LogP contribution in [0.2, 0.25) is 0 Å². The number of esters is 1. The third-order valence-corrected chi connectivity index (χ3v) is 1.51. The molecular formula is C9H10N2O2. The van der Waals surface area contributed by atoms with Crippen LogP contribution in [0.15, 0.2) is 23.9 Å². The van der Waals surface area contributed by atoms with Gasteiger partial charge in [-0.2, -0.15) is 5.26 Å². The molecule has 1 aliphatic heterocycles. The molecule has 0 amide bonds. The fourth-order valence-corrected chi connectivity index (χ4v) is 0.882. The highest BCUT2D eigenvalue weighted by Gasteiger charge is 2.10. The fourth-order valence-electron chi connectivity index (χ4n) is 0.882. The van der Waals surface area contributed by atoms with Gasteiger partial charge in [-0.3, -0.25) is 0 Å². The third-order valence-electron chi connectivity index (χ3n) is 1.51. The molecule has 0 aromatic heterocycles. The molecule has 0 saturated heterocycles. The molecule has 1 aliphatic rings. The van der Waals surface area contributed by atoms with E-state index in [9.17, 15) is 4.79 Å². The zero-order valence-electron chi connectivity index (χ0n) is 7.12. The molecule has 0 atom stereocenters. The van der Waals surface area contributed by atoms with Gasteiger partial charge in [-0.15, -0.1) is 0 Å². The monoisotopic (exact) mass is 178 g/mol. The number of dihydropyridines is 1. The Labute approximate surface area is 76.5 Å². The third kappa shape index (κ3) is 2.99. The van der Waals surface area contributed by atoms with E-state index in [1.807, 2.05) is 6.07 Å². The first-order valence-electron chi connectivity index (χ1n) is 3.98. The highest BCUT2D eigenvalue weighted by atomic mass is 16.5. The first kappa shape index (κ1) is 9.33. The van der Waals surface area contributed by atoms with E-state index >= 15 is 0 Å². The van der Waals surface area contributed by atoms with Crippen LogP contribution in [0.1, 0.15) is 6.42 Å². The second kappa shape index (κ2) is 4.99. The van der Waals surface area contributed by atoms with Crippen molar-refractivity contribution in [3.8, 4) is 6.07 Å². The van der Waals surface area contributed by atoms with E-state index in [-0.39, 0.29) is 19.0 Å². The van der Waals surface area contributed by atoms with Crippen molar-refractivity contribution in [2.75, 3.05) is 13.2 Å². The molecular weight excluding hydrogens is 168 g/mol. The highest BCUT2D eigenvalue weighted by molar-refractivity contribution is 5.89. The van der Waals surface area contributed by atoms with E-state index in [0.717, 1.165) is 0 Å². The second-order valence-electron chi connectivity index (χ2n) is 2.48. The van der Waals surface area contributed by atoms with Gasteiger partial charge < -0.3 is 10.1 Å². The van der Waals surface area contributed by atoms with Gasteiger partial charge in [0.2, 0.25) is 0 Å². The molecule has 1 rings (SSSR count). The highest BCUT2D eigenvalue weighted by Crippen LogP contribution is 2.01.